The number of unbranched alkanes of at least 4 members (excludes halogenated alkanes) is 56. The van der Waals surface area contributed by atoms with Gasteiger partial charge >= 0.3 is 0 Å². The second-order valence-corrected chi connectivity index (χ2v) is 30.7. The third kappa shape index (κ3) is 39.3. The average molecular weight is 1300 g/mol. The fourth-order valence-electron chi connectivity index (χ4n) is 16.2. The third-order valence-electron chi connectivity index (χ3n) is 22.4. The van der Waals surface area contributed by atoms with E-state index in [1.807, 2.05) is 0 Å². The SMILES string of the molecule is CCCCCCCCCCCCCCCCCCCCCCCCCCCCc1c(CC)cc(C2=C(CCCC)C(CCCCCCCC)=C(c3cc(CC)c(CCCCCCCCCCCCCCCCCCCCCCCCCCCC)c(CC)c3)[N+]2=[N-])cc1CC. The van der Waals surface area contributed by atoms with Crippen molar-refractivity contribution in [2.45, 2.75) is 492 Å². The summed E-state index contributed by atoms with van der Waals surface area (Å²) in [5.74, 6) is 0. The Hall–Kier alpha value is -2.48. The van der Waals surface area contributed by atoms with Gasteiger partial charge in [0, 0.05) is 22.3 Å². The molecule has 2 aromatic rings. The van der Waals surface area contributed by atoms with Gasteiger partial charge in [-0.05, 0) is 135 Å². The molecule has 94 heavy (non-hydrogen) atoms. The number of hydrogen-bond acceptors (Lipinski definition) is 0. The van der Waals surface area contributed by atoms with Gasteiger partial charge < -0.3 is 5.53 Å². The molecule has 2 aromatic carbocycles. The Morgan fingerprint density at radius 1 is 0.202 bits per heavy atom. The summed E-state index contributed by atoms with van der Waals surface area (Å²) in [7, 11) is 0. The van der Waals surface area contributed by atoms with Gasteiger partial charge in [-0.15, -0.1) is 0 Å². The predicted octanol–water partition coefficient (Wildman–Crippen LogP) is 32.5. The summed E-state index contributed by atoms with van der Waals surface area (Å²) in [5, 5.41) is 0. The number of hydrogen-bond donors (Lipinski definition) is 0. The Morgan fingerprint density at radius 3 is 0.543 bits per heavy atom. The highest BCUT2D eigenvalue weighted by Crippen LogP contribution is 2.46. The fraction of sp³-hybridized carbons (Fsp3) is 0.826. The average Bonchev–Trinajstić information content (AvgIpc) is 1.59. The molecule has 0 fully saturated rings. The van der Waals surface area contributed by atoms with Gasteiger partial charge in [0.05, 0.1) is 0 Å². The molecule has 0 N–H and O–H groups in total. The molecule has 1 heterocycles. The first-order valence-corrected chi connectivity index (χ1v) is 43.7. The Labute approximate surface area is 590 Å². The Kier molecular flexibility index (Phi) is 56.2. The van der Waals surface area contributed by atoms with Crippen molar-refractivity contribution in [3.05, 3.63) is 85.5 Å². The largest absolute Gasteiger partial charge is 0.493 e. The van der Waals surface area contributed by atoms with Gasteiger partial charge in [-0.2, -0.15) is 0 Å². The van der Waals surface area contributed by atoms with Crippen LogP contribution in [0.25, 0.3) is 16.9 Å². The Bertz CT molecular complexity index is 2100. The topological polar surface area (TPSA) is 25.3 Å². The molecule has 0 aromatic heterocycles. The molecule has 0 unspecified atom stereocenters. The van der Waals surface area contributed by atoms with E-state index in [4.69, 9.17) is 0 Å². The van der Waals surface area contributed by atoms with Crippen LogP contribution in [0.3, 0.4) is 0 Å². The maximum atomic E-state index is 13.0. The summed E-state index contributed by atoms with van der Waals surface area (Å²) in [4.78, 5) is 0. The van der Waals surface area contributed by atoms with E-state index >= 15 is 0 Å². The lowest BCUT2D eigenvalue weighted by molar-refractivity contribution is -0.345. The van der Waals surface area contributed by atoms with Crippen molar-refractivity contribution in [1.82, 2.24) is 0 Å². The van der Waals surface area contributed by atoms with Gasteiger partial charge in [0.2, 0.25) is 11.4 Å². The summed E-state index contributed by atoms with van der Waals surface area (Å²) < 4.78 is 1.73. The second kappa shape index (κ2) is 61.6. The minimum absolute atomic E-state index is 1.03. The molecule has 1 aliphatic heterocycles. The molecule has 2 nitrogen and oxygen atoms in total. The lowest BCUT2D eigenvalue weighted by Gasteiger charge is -2.18. The summed E-state index contributed by atoms with van der Waals surface area (Å²) in [6.45, 7) is 18.8. The van der Waals surface area contributed by atoms with Gasteiger partial charge in [0.1, 0.15) is 0 Å². The first kappa shape index (κ1) is 85.7. The van der Waals surface area contributed by atoms with Gasteiger partial charge in [-0.3, -0.25) is 0 Å². The summed E-state index contributed by atoms with van der Waals surface area (Å²) in [5.41, 5.74) is 29.8. The van der Waals surface area contributed by atoms with Crippen LogP contribution in [0, 0.1) is 0 Å². The first-order chi connectivity index (χ1) is 46.4. The van der Waals surface area contributed by atoms with E-state index in [9.17, 15) is 5.53 Å². The monoisotopic (exact) mass is 1300 g/mol. The van der Waals surface area contributed by atoms with Crippen molar-refractivity contribution in [3.63, 3.8) is 0 Å². The summed E-state index contributed by atoms with van der Waals surface area (Å²) >= 11 is 0. The van der Waals surface area contributed by atoms with Crippen LogP contribution in [0.2, 0.25) is 0 Å². The summed E-state index contributed by atoms with van der Waals surface area (Å²) in [6, 6.07) is 10.1. The Balaban J connectivity index is 1.46. The van der Waals surface area contributed by atoms with Gasteiger partial charge in [-0.1, -0.05) is 415 Å². The van der Waals surface area contributed by atoms with Crippen molar-refractivity contribution in [3.8, 4) is 0 Å². The molecular formula is C92H164N2. The lowest BCUT2D eigenvalue weighted by Crippen LogP contribution is -2.08. The molecule has 0 saturated heterocycles. The van der Waals surface area contributed by atoms with Gasteiger partial charge in [0.15, 0.2) is 0 Å². The highest BCUT2D eigenvalue weighted by molar-refractivity contribution is 5.83. The van der Waals surface area contributed by atoms with Crippen molar-refractivity contribution in [2.24, 2.45) is 0 Å². The van der Waals surface area contributed by atoms with Crippen LogP contribution in [-0.2, 0) is 38.5 Å². The standard InChI is InChI=1S/C92H164N2/c1-9-17-21-24-27-29-31-33-35-37-39-41-43-45-47-49-51-53-55-57-59-61-63-65-68-70-74-87-81(13-5)77-85(78-82(87)14-6)91-89(73-20-12-4)90(76-72-67-26-23-19-11-3)92(94(91)93)86-79-83(15-7)88(84(16-8)80-86)75-71-69-66-64-62-60-58-56-54-52-50-48-46-44-42-40-38-36-34-32-30-28-25-22-18-10-2/h77-80H,9-76H2,1-8H3. The van der Waals surface area contributed by atoms with E-state index in [0.29, 0.717) is 0 Å². The van der Waals surface area contributed by atoms with E-state index in [2.05, 4.69) is 79.7 Å². The molecule has 2 heteroatoms. The number of nitrogens with zero attached hydrogens (tertiary/aromatic N) is 2. The van der Waals surface area contributed by atoms with Crippen molar-refractivity contribution >= 4 is 11.4 Å². The maximum absolute atomic E-state index is 13.0. The van der Waals surface area contributed by atoms with Crippen molar-refractivity contribution < 1.29 is 4.70 Å². The van der Waals surface area contributed by atoms with Crippen LogP contribution >= 0.6 is 0 Å². The van der Waals surface area contributed by atoms with E-state index in [1.165, 1.54) is 430 Å². The molecule has 0 bridgehead atoms. The molecular weight excluding hydrogens is 1130 g/mol. The maximum Gasteiger partial charge on any atom is 0.211 e. The third-order valence-corrected chi connectivity index (χ3v) is 22.4. The zero-order valence-corrected chi connectivity index (χ0v) is 65.3. The van der Waals surface area contributed by atoms with Crippen LogP contribution in [0.5, 0.6) is 0 Å². The molecule has 0 atom stereocenters. The van der Waals surface area contributed by atoms with E-state index in [-0.39, 0.29) is 0 Å². The van der Waals surface area contributed by atoms with E-state index in [1.54, 1.807) is 15.8 Å². The van der Waals surface area contributed by atoms with E-state index < -0.39 is 0 Å². The van der Waals surface area contributed by atoms with Crippen molar-refractivity contribution in [2.75, 3.05) is 0 Å². The van der Waals surface area contributed by atoms with Gasteiger partial charge in [0.25, 0.3) is 0 Å². The zero-order valence-electron chi connectivity index (χ0n) is 65.3. The molecule has 542 valence electrons. The first-order valence-electron chi connectivity index (χ1n) is 43.7. The van der Waals surface area contributed by atoms with Crippen LogP contribution in [0.4, 0.5) is 0 Å². The molecule has 0 aliphatic carbocycles. The van der Waals surface area contributed by atoms with Crippen LogP contribution in [0.15, 0.2) is 35.4 Å². The second-order valence-electron chi connectivity index (χ2n) is 30.7. The quantitative estimate of drug-likeness (QED) is 0.0466. The minimum Gasteiger partial charge on any atom is -0.493 e. The van der Waals surface area contributed by atoms with Crippen LogP contribution in [-0.4, -0.2) is 4.70 Å². The van der Waals surface area contributed by atoms with Crippen molar-refractivity contribution in [1.29, 1.82) is 0 Å². The molecule has 0 radical (unpaired) electrons. The van der Waals surface area contributed by atoms with Gasteiger partial charge in [-0.25, -0.2) is 4.70 Å². The number of benzene rings is 2. The fourth-order valence-corrected chi connectivity index (χ4v) is 16.2. The minimum atomic E-state index is 1.03. The van der Waals surface area contributed by atoms with E-state index in [0.717, 1.165) is 62.8 Å². The number of allylic oxidation sites excluding steroid dienone is 2. The highest BCUT2D eigenvalue weighted by Gasteiger charge is 2.36. The normalized spacial score (nSPS) is 12.7. The molecule has 0 amide bonds. The highest BCUT2D eigenvalue weighted by atomic mass is 15.2. The van der Waals surface area contributed by atoms with Crippen LogP contribution < -0.4 is 0 Å². The van der Waals surface area contributed by atoms with Crippen LogP contribution in [0.1, 0.15) is 498 Å². The Morgan fingerprint density at radius 2 is 0.362 bits per heavy atom. The lowest BCUT2D eigenvalue weighted by atomic mass is 9.87. The number of aryl methyl sites for hydroxylation is 4. The molecule has 1 aliphatic rings. The molecule has 0 saturated carbocycles. The predicted molar refractivity (Wildman–Crippen MR) is 424 cm³/mol. The molecule has 3 rings (SSSR count). The number of rotatable bonds is 70. The molecule has 0 spiro atoms. The summed E-state index contributed by atoms with van der Waals surface area (Å²) in [6.07, 6.45) is 93.6. The smallest absolute Gasteiger partial charge is 0.211 e. The zero-order chi connectivity index (χ0) is 67.4.